The van der Waals surface area contributed by atoms with Crippen molar-refractivity contribution in [3.63, 3.8) is 0 Å². The van der Waals surface area contributed by atoms with Crippen LogP contribution < -0.4 is 56.7 Å². The molecule has 1 nitrogen and oxygen atoms in total. The Hall–Kier alpha value is 1.53. The second-order valence-corrected chi connectivity index (χ2v) is 1.74. The second kappa shape index (κ2) is 5.32. The Morgan fingerprint density at radius 3 is 2.62 bits per heavy atom. The van der Waals surface area contributed by atoms with Crippen LogP contribution in [-0.2, 0) is 0 Å². The van der Waals surface area contributed by atoms with E-state index in [1.54, 1.807) is 6.42 Å². The van der Waals surface area contributed by atoms with Gasteiger partial charge in [-0.05, 0) is 19.3 Å². The van der Waals surface area contributed by atoms with E-state index in [0.29, 0.717) is 6.54 Å². The molecule has 0 aromatic heterocycles. The average molecular weight is 141 g/mol. The summed E-state index contributed by atoms with van der Waals surface area (Å²) in [4.78, 5) is 0. The van der Waals surface area contributed by atoms with Gasteiger partial charge in [-0.15, -0.1) is 0 Å². The van der Waals surface area contributed by atoms with E-state index in [4.69, 9.17) is 0 Å². The standard InChI is InChI=1S/C5H9FN.K/c6-5-2-1-3-7-4-5;/h2,5,7H,1,3-4H2;/q-1;+1. The third kappa shape index (κ3) is 3.53. The first-order valence-corrected chi connectivity index (χ1v) is 2.58. The first-order chi connectivity index (χ1) is 3.39. The fourth-order valence-electron chi connectivity index (χ4n) is 0.690. The van der Waals surface area contributed by atoms with Crippen LogP contribution in [0.25, 0.3) is 0 Å². The average Bonchev–Trinajstić information content (AvgIpc) is 1.69. The summed E-state index contributed by atoms with van der Waals surface area (Å²) in [6.07, 6.45) is 1.88. The molecule has 0 saturated carbocycles. The molecule has 1 heterocycles. The molecule has 0 aromatic carbocycles. The van der Waals surface area contributed by atoms with Crippen LogP contribution in [0.1, 0.15) is 6.42 Å². The molecule has 1 rings (SSSR count). The topological polar surface area (TPSA) is 12.0 Å². The predicted molar refractivity (Wildman–Crippen MR) is 26.7 cm³/mol. The van der Waals surface area contributed by atoms with E-state index in [0.717, 1.165) is 13.0 Å². The van der Waals surface area contributed by atoms with Crippen molar-refractivity contribution in [3.05, 3.63) is 6.42 Å². The summed E-state index contributed by atoms with van der Waals surface area (Å²) < 4.78 is 12.1. The summed E-state index contributed by atoms with van der Waals surface area (Å²) in [7, 11) is 0. The summed E-state index contributed by atoms with van der Waals surface area (Å²) in [5, 5.41) is 2.93. The first-order valence-electron chi connectivity index (χ1n) is 2.58. The van der Waals surface area contributed by atoms with E-state index in [1.165, 1.54) is 0 Å². The monoisotopic (exact) mass is 141 g/mol. The fourth-order valence-corrected chi connectivity index (χ4v) is 0.690. The van der Waals surface area contributed by atoms with Crippen molar-refractivity contribution in [1.29, 1.82) is 0 Å². The second-order valence-electron chi connectivity index (χ2n) is 1.74. The molecule has 1 N–H and O–H groups in total. The van der Waals surface area contributed by atoms with E-state index in [-0.39, 0.29) is 51.4 Å². The number of rotatable bonds is 0. The Morgan fingerprint density at radius 2 is 2.38 bits per heavy atom. The van der Waals surface area contributed by atoms with Crippen LogP contribution in [0.5, 0.6) is 0 Å². The number of hydrogen-bond donors (Lipinski definition) is 1. The third-order valence-electron chi connectivity index (χ3n) is 1.08. The minimum absolute atomic E-state index is 0. The molecule has 0 radical (unpaired) electrons. The zero-order chi connectivity index (χ0) is 5.11. The summed E-state index contributed by atoms with van der Waals surface area (Å²) in [6.45, 7) is 1.46. The van der Waals surface area contributed by atoms with Crippen molar-refractivity contribution in [1.82, 2.24) is 5.32 Å². The van der Waals surface area contributed by atoms with Gasteiger partial charge in [-0.2, -0.15) is 6.42 Å². The Labute approximate surface area is 91.8 Å². The summed E-state index contributed by atoms with van der Waals surface area (Å²) in [5.41, 5.74) is 0. The van der Waals surface area contributed by atoms with Gasteiger partial charge in [0.2, 0.25) is 0 Å². The quantitative estimate of drug-likeness (QED) is 0.291. The molecule has 1 atom stereocenters. The maximum atomic E-state index is 12.1. The molecular formula is C5H9FKN. The minimum atomic E-state index is -0.700. The van der Waals surface area contributed by atoms with Crippen LogP contribution >= 0.6 is 0 Å². The summed E-state index contributed by atoms with van der Waals surface area (Å²) in [6, 6.07) is 0. The molecule has 1 unspecified atom stereocenters. The number of alkyl halides is 1. The van der Waals surface area contributed by atoms with Crippen molar-refractivity contribution >= 4 is 0 Å². The van der Waals surface area contributed by atoms with Gasteiger partial charge in [-0.3, -0.25) is 10.8 Å². The Bertz CT molecular complexity index is 54.4. The van der Waals surface area contributed by atoms with Crippen LogP contribution in [-0.4, -0.2) is 19.3 Å². The molecule has 0 spiro atoms. The molecule has 0 bridgehead atoms. The van der Waals surface area contributed by atoms with E-state index in [2.05, 4.69) is 5.32 Å². The normalized spacial score (nSPS) is 28.9. The number of hydrogen-bond acceptors (Lipinski definition) is 1. The van der Waals surface area contributed by atoms with Gasteiger partial charge in [0, 0.05) is 0 Å². The number of halogens is 1. The molecule has 1 aliphatic heterocycles. The van der Waals surface area contributed by atoms with Crippen molar-refractivity contribution in [3.8, 4) is 0 Å². The molecule has 0 aromatic rings. The van der Waals surface area contributed by atoms with Crippen LogP contribution in [0, 0.1) is 6.42 Å². The van der Waals surface area contributed by atoms with Crippen molar-refractivity contribution in [2.75, 3.05) is 13.1 Å². The zero-order valence-electron chi connectivity index (χ0n) is 5.15. The van der Waals surface area contributed by atoms with Gasteiger partial charge < -0.3 is 5.32 Å². The molecule has 1 fully saturated rings. The van der Waals surface area contributed by atoms with Gasteiger partial charge in [0.15, 0.2) is 0 Å². The van der Waals surface area contributed by atoms with Gasteiger partial charge in [-0.1, -0.05) is 0 Å². The summed E-state index contributed by atoms with van der Waals surface area (Å²) in [5.74, 6) is 0. The molecular weight excluding hydrogens is 132 g/mol. The van der Waals surface area contributed by atoms with Gasteiger partial charge in [0.1, 0.15) is 0 Å². The van der Waals surface area contributed by atoms with Gasteiger partial charge in [0.05, 0.1) is 0 Å². The SMILES string of the molecule is FC1[CH-]CCNC1.[K+]. The zero-order valence-corrected chi connectivity index (χ0v) is 8.28. The third-order valence-corrected chi connectivity index (χ3v) is 1.08. The maximum absolute atomic E-state index is 12.1. The fraction of sp³-hybridized carbons (Fsp3) is 0.800. The van der Waals surface area contributed by atoms with Gasteiger partial charge in [0.25, 0.3) is 0 Å². The molecule has 3 heteroatoms. The molecule has 1 saturated heterocycles. The Morgan fingerprint density at radius 1 is 1.62 bits per heavy atom. The van der Waals surface area contributed by atoms with Crippen molar-refractivity contribution < 1.29 is 55.8 Å². The van der Waals surface area contributed by atoms with E-state index in [1.807, 2.05) is 0 Å². The van der Waals surface area contributed by atoms with Crippen molar-refractivity contribution in [2.24, 2.45) is 0 Å². The van der Waals surface area contributed by atoms with E-state index < -0.39 is 6.17 Å². The van der Waals surface area contributed by atoms with Gasteiger partial charge in [-0.25, -0.2) is 0 Å². The van der Waals surface area contributed by atoms with Gasteiger partial charge >= 0.3 is 51.4 Å². The Kier molecular flexibility index (Phi) is 6.34. The van der Waals surface area contributed by atoms with Crippen LogP contribution in [0.2, 0.25) is 0 Å². The molecule has 42 valence electrons. The maximum Gasteiger partial charge on any atom is 1.00 e. The van der Waals surface area contributed by atoms with E-state index >= 15 is 0 Å². The Balaban J connectivity index is 0.000000490. The number of piperidine rings is 1. The van der Waals surface area contributed by atoms with Crippen LogP contribution in [0.3, 0.4) is 0 Å². The largest absolute Gasteiger partial charge is 1.00 e. The van der Waals surface area contributed by atoms with E-state index in [9.17, 15) is 4.39 Å². The predicted octanol–water partition coefficient (Wildman–Crippen LogP) is -2.47. The van der Waals surface area contributed by atoms with Crippen LogP contribution in [0.15, 0.2) is 0 Å². The number of nitrogens with one attached hydrogen (secondary N) is 1. The van der Waals surface area contributed by atoms with Crippen LogP contribution in [0.4, 0.5) is 4.39 Å². The molecule has 1 aliphatic rings. The smallest absolute Gasteiger partial charge is 0.319 e. The first kappa shape index (κ1) is 9.53. The molecule has 0 amide bonds. The molecule has 8 heavy (non-hydrogen) atoms. The molecule has 0 aliphatic carbocycles. The minimum Gasteiger partial charge on any atom is -0.319 e. The summed E-state index contributed by atoms with van der Waals surface area (Å²) >= 11 is 0. The van der Waals surface area contributed by atoms with Crippen molar-refractivity contribution in [2.45, 2.75) is 12.6 Å².